The number of nitrogens with zero attached hydrogens (tertiary/aromatic N) is 1. The summed E-state index contributed by atoms with van der Waals surface area (Å²) in [5.41, 5.74) is 3.88. The van der Waals surface area contributed by atoms with Crippen molar-refractivity contribution < 1.29 is 24.2 Å². The minimum absolute atomic E-state index is 0.0274. The molecule has 1 heterocycles. The van der Waals surface area contributed by atoms with Crippen molar-refractivity contribution in [2.45, 2.75) is 31.2 Å². The van der Waals surface area contributed by atoms with E-state index in [0.29, 0.717) is 24.5 Å². The number of fused-ring (bicyclic) bond motifs is 3. The summed E-state index contributed by atoms with van der Waals surface area (Å²) in [5, 5.41) is 12.2. The lowest BCUT2D eigenvalue weighted by Gasteiger charge is -2.43. The van der Waals surface area contributed by atoms with Gasteiger partial charge in [0, 0.05) is 18.2 Å². The molecule has 2 fully saturated rings. The highest BCUT2D eigenvalue weighted by atomic mass is 32.2. The first-order chi connectivity index (χ1) is 16.0. The lowest BCUT2D eigenvalue weighted by molar-refractivity contribution is -0.155. The van der Waals surface area contributed by atoms with Gasteiger partial charge in [0.1, 0.15) is 12.6 Å². The summed E-state index contributed by atoms with van der Waals surface area (Å²) >= 11 is 1.45. The second-order valence-corrected chi connectivity index (χ2v) is 9.94. The number of thioether (sulfide) groups is 1. The van der Waals surface area contributed by atoms with Crippen LogP contribution in [0.1, 0.15) is 36.3 Å². The van der Waals surface area contributed by atoms with Crippen molar-refractivity contribution in [1.82, 2.24) is 10.2 Å². The van der Waals surface area contributed by atoms with Crippen LogP contribution >= 0.6 is 11.8 Å². The van der Waals surface area contributed by atoms with Crippen molar-refractivity contribution in [3.8, 4) is 11.1 Å². The number of carbonyl (C=O) groups is 3. The summed E-state index contributed by atoms with van der Waals surface area (Å²) < 4.78 is 5.60. The number of carbonyl (C=O) groups excluding carboxylic acids is 2. The van der Waals surface area contributed by atoms with Crippen molar-refractivity contribution >= 4 is 29.7 Å². The van der Waals surface area contributed by atoms with Gasteiger partial charge in [0.25, 0.3) is 0 Å². The van der Waals surface area contributed by atoms with E-state index in [-0.39, 0.29) is 25.0 Å². The van der Waals surface area contributed by atoms with Gasteiger partial charge < -0.3 is 20.1 Å². The number of carboxylic acids is 1. The molecule has 5 rings (SSSR count). The highest BCUT2D eigenvalue weighted by Crippen LogP contribution is 2.45. The maximum Gasteiger partial charge on any atom is 0.407 e. The molecular weight excluding hydrogens is 440 g/mol. The third-order valence-corrected chi connectivity index (χ3v) is 8.12. The van der Waals surface area contributed by atoms with Gasteiger partial charge in [0.05, 0.1) is 11.3 Å². The average molecular weight is 467 g/mol. The van der Waals surface area contributed by atoms with Crippen molar-refractivity contribution in [3.05, 3.63) is 59.7 Å². The minimum Gasteiger partial charge on any atom is -0.480 e. The van der Waals surface area contributed by atoms with E-state index in [1.54, 1.807) is 0 Å². The van der Waals surface area contributed by atoms with Gasteiger partial charge in [-0.25, -0.2) is 9.59 Å². The van der Waals surface area contributed by atoms with Crippen LogP contribution in [-0.2, 0) is 14.3 Å². The second kappa shape index (κ2) is 8.74. The van der Waals surface area contributed by atoms with Gasteiger partial charge in [0.15, 0.2) is 0 Å². The molecule has 0 spiro atoms. The Morgan fingerprint density at radius 2 is 1.70 bits per heavy atom. The number of alkyl carbamates (subject to hydrolysis) is 1. The molecule has 0 unspecified atom stereocenters. The molecule has 2 aromatic rings. The molecule has 2 amide bonds. The van der Waals surface area contributed by atoms with Crippen LogP contribution < -0.4 is 5.32 Å². The molecule has 2 aromatic carbocycles. The van der Waals surface area contributed by atoms with Crippen LogP contribution in [-0.4, -0.2) is 58.8 Å². The zero-order chi connectivity index (χ0) is 23.0. The molecule has 7 nitrogen and oxygen atoms in total. The fraction of sp³-hybridized carbons (Fsp3) is 0.400. The van der Waals surface area contributed by atoms with E-state index in [4.69, 9.17) is 4.74 Å². The predicted octanol–water partition coefficient (Wildman–Crippen LogP) is 3.68. The van der Waals surface area contributed by atoms with Crippen LogP contribution in [0.25, 0.3) is 11.1 Å². The van der Waals surface area contributed by atoms with Crippen molar-refractivity contribution in [1.29, 1.82) is 0 Å². The van der Waals surface area contributed by atoms with Crippen LogP contribution in [0.4, 0.5) is 4.79 Å². The normalized spacial score (nSPS) is 20.5. The van der Waals surface area contributed by atoms with Crippen molar-refractivity contribution in [2.75, 3.05) is 24.8 Å². The molecule has 1 aliphatic heterocycles. The summed E-state index contributed by atoms with van der Waals surface area (Å²) in [4.78, 5) is 38.7. The Balaban J connectivity index is 1.21. The fourth-order valence-corrected chi connectivity index (χ4v) is 6.26. The molecular formula is C25H26N2O5S. The predicted molar refractivity (Wildman–Crippen MR) is 125 cm³/mol. The molecule has 8 heteroatoms. The minimum atomic E-state index is -0.979. The van der Waals surface area contributed by atoms with E-state index in [9.17, 15) is 19.5 Å². The Bertz CT molecular complexity index is 1050. The second-order valence-electron chi connectivity index (χ2n) is 8.94. The van der Waals surface area contributed by atoms with E-state index in [2.05, 4.69) is 29.6 Å². The Labute approximate surface area is 196 Å². The maximum atomic E-state index is 13.2. The third-order valence-electron chi connectivity index (χ3n) is 7.11. The lowest BCUT2D eigenvalue weighted by atomic mass is 9.67. The molecule has 1 saturated heterocycles. The highest BCUT2D eigenvalue weighted by Gasteiger charge is 2.50. The summed E-state index contributed by atoms with van der Waals surface area (Å²) in [6, 6.07) is 15.5. The van der Waals surface area contributed by atoms with E-state index < -0.39 is 23.5 Å². The van der Waals surface area contributed by atoms with Crippen molar-refractivity contribution in [3.63, 3.8) is 0 Å². The average Bonchev–Trinajstić information content (AvgIpc) is 3.40. The molecule has 1 atom stereocenters. The molecule has 1 saturated carbocycles. The summed E-state index contributed by atoms with van der Waals surface area (Å²) in [6.07, 6.45) is 1.62. The first-order valence-electron chi connectivity index (χ1n) is 11.2. The van der Waals surface area contributed by atoms with Gasteiger partial charge in [-0.3, -0.25) is 4.79 Å². The van der Waals surface area contributed by atoms with E-state index in [0.717, 1.165) is 28.7 Å². The molecule has 0 bridgehead atoms. The van der Waals surface area contributed by atoms with Crippen LogP contribution in [0.2, 0.25) is 0 Å². The quantitative estimate of drug-likeness (QED) is 0.674. The van der Waals surface area contributed by atoms with E-state index in [1.165, 1.54) is 16.7 Å². The van der Waals surface area contributed by atoms with Gasteiger partial charge in [-0.15, -0.1) is 11.8 Å². The monoisotopic (exact) mass is 466 g/mol. The Hall–Kier alpha value is -3.00. The van der Waals surface area contributed by atoms with Gasteiger partial charge in [-0.05, 0) is 35.1 Å². The number of amides is 2. The first kappa shape index (κ1) is 21.8. The number of hydrogen-bond acceptors (Lipinski definition) is 5. The zero-order valence-electron chi connectivity index (χ0n) is 18.2. The SMILES string of the molecule is O=C(NCC1(C(=O)N2CSC[C@H]2C(=O)O)CCC1)OCC1c2ccccc2-c2ccccc21. The first-order valence-corrected chi connectivity index (χ1v) is 12.4. The Kier molecular flexibility index (Phi) is 5.78. The topological polar surface area (TPSA) is 95.9 Å². The largest absolute Gasteiger partial charge is 0.480 e. The highest BCUT2D eigenvalue weighted by molar-refractivity contribution is 7.99. The summed E-state index contributed by atoms with van der Waals surface area (Å²) in [6.45, 7) is 0.376. The zero-order valence-corrected chi connectivity index (χ0v) is 19.0. The number of rotatable bonds is 6. The number of aliphatic carboxylic acids is 1. The van der Waals surface area contributed by atoms with Crippen LogP contribution in [0.5, 0.6) is 0 Å². The molecule has 2 N–H and O–H groups in total. The standard InChI is InChI=1S/C25H26N2O5S/c28-22(29)21-13-33-15-27(21)23(30)25(10-5-11-25)14-26-24(31)32-12-20-18-8-3-1-6-16(18)17-7-2-4-9-19(17)20/h1-4,6-9,20-21H,5,10-15H2,(H,26,31)(H,28,29)/t21-/m0/s1. The number of ether oxygens (including phenoxy) is 1. The molecule has 33 heavy (non-hydrogen) atoms. The van der Waals surface area contributed by atoms with Crippen LogP contribution in [0, 0.1) is 5.41 Å². The maximum absolute atomic E-state index is 13.2. The number of hydrogen-bond donors (Lipinski definition) is 2. The Morgan fingerprint density at radius 1 is 1.06 bits per heavy atom. The third kappa shape index (κ3) is 3.86. The van der Waals surface area contributed by atoms with Crippen LogP contribution in [0.15, 0.2) is 48.5 Å². The molecule has 0 aromatic heterocycles. The van der Waals surface area contributed by atoms with E-state index >= 15 is 0 Å². The van der Waals surface area contributed by atoms with Gasteiger partial charge in [-0.1, -0.05) is 55.0 Å². The molecule has 172 valence electrons. The molecule has 3 aliphatic rings. The van der Waals surface area contributed by atoms with Gasteiger partial charge >= 0.3 is 12.1 Å². The summed E-state index contributed by atoms with van der Waals surface area (Å²) in [5.74, 6) is -0.405. The lowest BCUT2D eigenvalue weighted by Crippen LogP contribution is -2.56. The van der Waals surface area contributed by atoms with Gasteiger partial charge in [0.2, 0.25) is 5.91 Å². The smallest absolute Gasteiger partial charge is 0.407 e. The number of benzene rings is 2. The number of nitrogens with one attached hydrogen (secondary N) is 1. The fourth-order valence-electron chi connectivity index (χ4n) is 5.11. The van der Waals surface area contributed by atoms with E-state index in [1.807, 2.05) is 24.3 Å². The molecule has 0 radical (unpaired) electrons. The Morgan fingerprint density at radius 3 is 2.27 bits per heavy atom. The van der Waals surface area contributed by atoms with Gasteiger partial charge in [-0.2, -0.15) is 0 Å². The van der Waals surface area contributed by atoms with Crippen molar-refractivity contribution in [2.24, 2.45) is 5.41 Å². The van der Waals surface area contributed by atoms with Crippen LogP contribution in [0.3, 0.4) is 0 Å². The molecule has 2 aliphatic carbocycles. The number of carboxylic acid groups (broad SMARTS) is 1. The summed E-state index contributed by atoms with van der Waals surface area (Å²) in [7, 11) is 0.